The van der Waals surface area contributed by atoms with Gasteiger partial charge in [0.2, 0.25) is 0 Å². The van der Waals surface area contributed by atoms with Gasteiger partial charge in [0.05, 0.1) is 16.9 Å². The van der Waals surface area contributed by atoms with E-state index in [0.29, 0.717) is 5.69 Å². The number of hydrogen-bond acceptors (Lipinski definition) is 4. The number of nitro benzene ring substituents is 1. The molecule has 7 heteroatoms. The molecule has 0 bridgehead atoms. The van der Waals surface area contributed by atoms with Crippen molar-refractivity contribution in [2.75, 3.05) is 18.9 Å². The first-order chi connectivity index (χ1) is 8.93. The molecule has 2 amide bonds. The summed E-state index contributed by atoms with van der Waals surface area (Å²) >= 11 is 0. The lowest BCUT2D eigenvalue weighted by Gasteiger charge is -2.18. The van der Waals surface area contributed by atoms with Gasteiger partial charge in [0.25, 0.3) is 5.69 Å². The molecule has 1 aromatic rings. The number of nitro groups is 1. The van der Waals surface area contributed by atoms with Gasteiger partial charge in [-0.05, 0) is 13.0 Å². The van der Waals surface area contributed by atoms with Gasteiger partial charge in [-0.3, -0.25) is 10.1 Å². The number of nitriles is 1. The van der Waals surface area contributed by atoms with Gasteiger partial charge in [0.15, 0.2) is 0 Å². The van der Waals surface area contributed by atoms with Crippen molar-refractivity contribution in [3.05, 3.63) is 34.4 Å². The standard InChI is InChI=1S/C12H14N4O3/c1-9(7-13)8-15(2)12(17)14-10-4-3-5-11(6-10)16(18)19/h3-6,9H,8H2,1-2H3,(H,14,17). The highest BCUT2D eigenvalue weighted by Gasteiger charge is 2.13. The molecule has 0 spiro atoms. The van der Waals surface area contributed by atoms with Crippen molar-refractivity contribution in [2.24, 2.45) is 5.92 Å². The lowest BCUT2D eigenvalue weighted by atomic mass is 10.2. The molecule has 1 N–H and O–H groups in total. The fourth-order valence-corrected chi connectivity index (χ4v) is 1.45. The largest absolute Gasteiger partial charge is 0.326 e. The number of non-ortho nitro benzene ring substituents is 1. The Bertz CT molecular complexity index is 524. The molecule has 0 fully saturated rings. The molecule has 19 heavy (non-hydrogen) atoms. The van der Waals surface area contributed by atoms with E-state index >= 15 is 0 Å². The quantitative estimate of drug-likeness (QED) is 0.664. The van der Waals surface area contributed by atoms with E-state index in [1.54, 1.807) is 20.0 Å². The van der Waals surface area contributed by atoms with Crippen LogP contribution in [0.15, 0.2) is 24.3 Å². The topological polar surface area (TPSA) is 99.3 Å². The van der Waals surface area contributed by atoms with Crippen molar-refractivity contribution < 1.29 is 9.72 Å². The van der Waals surface area contributed by atoms with E-state index in [9.17, 15) is 14.9 Å². The Morgan fingerprint density at radius 2 is 2.32 bits per heavy atom. The van der Waals surface area contributed by atoms with Crippen LogP contribution in [0.3, 0.4) is 0 Å². The molecular weight excluding hydrogens is 248 g/mol. The summed E-state index contributed by atoms with van der Waals surface area (Å²) in [6.45, 7) is 1.99. The van der Waals surface area contributed by atoms with Crippen LogP contribution in [0.5, 0.6) is 0 Å². The van der Waals surface area contributed by atoms with Crippen LogP contribution in [-0.2, 0) is 0 Å². The Morgan fingerprint density at radius 1 is 1.63 bits per heavy atom. The Labute approximate surface area is 110 Å². The van der Waals surface area contributed by atoms with E-state index in [0.717, 1.165) is 0 Å². The van der Waals surface area contributed by atoms with Gasteiger partial charge in [0, 0.05) is 31.4 Å². The summed E-state index contributed by atoms with van der Waals surface area (Å²) in [6.07, 6.45) is 0. The number of anilines is 1. The van der Waals surface area contributed by atoms with Crippen molar-refractivity contribution in [3.63, 3.8) is 0 Å². The third kappa shape index (κ3) is 4.27. The molecule has 0 aliphatic heterocycles. The van der Waals surface area contributed by atoms with Crippen LogP contribution in [0.2, 0.25) is 0 Å². The molecule has 100 valence electrons. The summed E-state index contributed by atoms with van der Waals surface area (Å²) in [4.78, 5) is 23.2. The molecule has 0 aliphatic rings. The summed E-state index contributed by atoms with van der Waals surface area (Å²) in [5.74, 6) is -0.277. The lowest BCUT2D eigenvalue weighted by Crippen LogP contribution is -2.34. The van der Waals surface area contributed by atoms with Gasteiger partial charge in [-0.25, -0.2) is 4.79 Å². The van der Waals surface area contributed by atoms with Crippen molar-refractivity contribution in [3.8, 4) is 6.07 Å². The van der Waals surface area contributed by atoms with E-state index in [4.69, 9.17) is 5.26 Å². The zero-order valence-electron chi connectivity index (χ0n) is 10.7. The van der Waals surface area contributed by atoms with E-state index in [-0.39, 0.29) is 18.2 Å². The number of nitrogens with one attached hydrogen (secondary N) is 1. The SMILES string of the molecule is CC(C#N)CN(C)C(=O)Nc1cccc([N+](=O)[O-])c1. The number of urea groups is 1. The maximum absolute atomic E-state index is 11.8. The highest BCUT2D eigenvalue weighted by Crippen LogP contribution is 2.17. The van der Waals surface area contributed by atoms with Crippen molar-refractivity contribution in [2.45, 2.75) is 6.92 Å². The number of rotatable bonds is 4. The zero-order chi connectivity index (χ0) is 14.4. The maximum atomic E-state index is 11.8. The number of nitrogens with zero attached hydrogens (tertiary/aromatic N) is 3. The third-order valence-corrected chi connectivity index (χ3v) is 2.42. The number of amides is 2. The van der Waals surface area contributed by atoms with Gasteiger partial charge in [-0.15, -0.1) is 0 Å². The number of carbonyl (C=O) groups is 1. The van der Waals surface area contributed by atoms with E-state index < -0.39 is 11.0 Å². The van der Waals surface area contributed by atoms with Gasteiger partial charge in [-0.2, -0.15) is 5.26 Å². The van der Waals surface area contributed by atoms with Crippen molar-refractivity contribution >= 4 is 17.4 Å². The van der Waals surface area contributed by atoms with E-state index in [1.165, 1.54) is 23.1 Å². The normalized spacial score (nSPS) is 11.2. The molecule has 0 heterocycles. The molecule has 1 rings (SSSR count). The summed E-state index contributed by atoms with van der Waals surface area (Å²) in [5.41, 5.74) is 0.251. The third-order valence-electron chi connectivity index (χ3n) is 2.42. The minimum Gasteiger partial charge on any atom is -0.326 e. The minimum atomic E-state index is -0.531. The number of benzene rings is 1. The Kier molecular flexibility index (Phi) is 4.83. The lowest BCUT2D eigenvalue weighted by molar-refractivity contribution is -0.384. The Hall–Kier alpha value is -2.62. The molecular formula is C12H14N4O3. The van der Waals surface area contributed by atoms with Gasteiger partial charge < -0.3 is 10.2 Å². The smallest absolute Gasteiger partial charge is 0.321 e. The van der Waals surface area contributed by atoms with Gasteiger partial charge >= 0.3 is 6.03 Å². The fraction of sp³-hybridized carbons (Fsp3) is 0.333. The molecule has 1 unspecified atom stereocenters. The van der Waals surface area contributed by atoms with Gasteiger partial charge in [0.1, 0.15) is 0 Å². The van der Waals surface area contributed by atoms with Crippen LogP contribution in [0.1, 0.15) is 6.92 Å². The second kappa shape index (κ2) is 6.35. The molecule has 0 aliphatic carbocycles. The van der Waals surface area contributed by atoms with Gasteiger partial charge in [-0.1, -0.05) is 6.07 Å². The molecule has 1 aromatic carbocycles. The van der Waals surface area contributed by atoms with Crippen LogP contribution in [0.25, 0.3) is 0 Å². The Morgan fingerprint density at radius 3 is 2.89 bits per heavy atom. The molecule has 0 saturated carbocycles. The molecule has 0 radical (unpaired) electrons. The second-order valence-electron chi connectivity index (χ2n) is 4.15. The monoisotopic (exact) mass is 262 g/mol. The first-order valence-corrected chi connectivity index (χ1v) is 5.60. The minimum absolute atomic E-state index is 0.0918. The van der Waals surface area contributed by atoms with Crippen molar-refractivity contribution in [1.82, 2.24) is 4.90 Å². The second-order valence-corrected chi connectivity index (χ2v) is 4.15. The molecule has 0 saturated heterocycles. The van der Waals surface area contributed by atoms with E-state index in [1.807, 2.05) is 6.07 Å². The van der Waals surface area contributed by atoms with Crippen LogP contribution >= 0.6 is 0 Å². The maximum Gasteiger partial charge on any atom is 0.321 e. The summed E-state index contributed by atoms with van der Waals surface area (Å²) in [7, 11) is 1.56. The summed E-state index contributed by atoms with van der Waals surface area (Å²) in [6, 6.07) is 7.29. The molecule has 0 aromatic heterocycles. The molecule has 7 nitrogen and oxygen atoms in total. The predicted molar refractivity (Wildman–Crippen MR) is 69.5 cm³/mol. The number of hydrogen-bond donors (Lipinski definition) is 1. The predicted octanol–water partition coefficient (Wildman–Crippen LogP) is 2.22. The first-order valence-electron chi connectivity index (χ1n) is 5.60. The Balaban J connectivity index is 2.69. The zero-order valence-corrected chi connectivity index (χ0v) is 10.7. The highest BCUT2D eigenvalue weighted by atomic mass is 16.6. The summed E-state index contributed by atoms with van der Waals surface area (Å²) in [5, 5.41) is 21.8. The van der Waals surface area contributed by atoms with Crippen LogP contribution in [0, 0.1) is 27.4 Å². The first kappa shape index (κ1) is 14.4. The fourth-order valence-electron chi connectivity index (χ4n) is 1.45. The highest BCUT2D eigenvalue weighted by molar-refractivity contribution is 5.89. The van der Waals surface area contributed by atoms with Crippen LogP contribution in [-0.4, -0.2) is 29.4 Å². The van der Waals surface area contributed by atoms with Crippen LogP contribution in [0.4, 0.5) is 16.2 Å². The average molecular weight is 262 g/mol. The summed E-state index contributed by atoms with van der Waals surface area (Å²) < 4.78 is 0. The van der Waals surface area contributed by atoms with Crippen LogP contribution < -0.4 is 5.32 Å². The number of carbonyl (C=O) groups excluding carboxylic acids is 1. The molecule has 1 atom stereocenters. The average Bonchev–Trinajstić information content (AvgIpc) is 2.38. The van der Waals surface area contributed by atoms with E-state index in [2.05, 4.69) is 5.32 Å². The van der Waals surface area contributed by atoms with Crippen molar-refractivity contribution in [1.29, 1.82) is 5.26 Å².